The number of amides is 1. The molecule has 0 saturated heterocycles. The minimum absolute atomic E-state index is 0.151. The average Bonchev–Trinajstić information content (AvgIpc) is 2.56. The third kappa shape index (κ3) is 5.15. The van der Waals surface area contributed by atoms with Crippen molar-refractivity contribution < 1.29 is 14.3 Å². The Morgan fingerprint density at radius 1 is 1.21 bits per heavy atom. The number of benzene rings is 2. The molecule has 0 aliphatic heterocycles. The maximum Gasteiger partial charge on any atom is 0.277 e. The maximum absolute atomic E-state index is 11.7. The lowest BCUT2D eigenvalue weighted by Crippen LogP contribution is -2.24. The summed E-state index contributed by atoms with van der Waals surface area (Å²) in [6.45, 7) is 1.71. The Morgan fingerprint density at radius 2 is 2.00 bits per heavy atom. The summed E-state index contributed by atoms with van der Waals surface area (Å²) in [6, 6.07) is 10.4. The van der Waals surface area contributed by atoms with Crippen LogP contribution < -0.4 is 14.9 Å². The summed E-state index contributed by atoms with van der Waals surface area (Å²) in [5.74, 6) is 0.765. The van der Waals surface area contributed by atoms with Crippen LogP contribution in [0, 0.1) is 6.92 Å². The van der Waals surface area contributed by atoms with Crippen LogP contribution in [0.5, 0.6) is 11.5 Å². The molecule has 0 bridgehead atoms. The van der Waals surface area contributed by atoms with Crippen molar-refractivity contribution in [2.75, 3.05) is 13.7 Å². The van der Waals surface area contributed by atoms with Gasteiger partial charge in [0.15, 0.2) is 6.61 Å². The van der Waals surface area contributed by atoms with E-state index in [1.54, 1.807) is 36.4 Å². The molecule has 1 N–H and O–H groups in total. The lowest BCUT2D eigenvalue weighted by molar-refractivity contribution is -0.123. The predicted octanol–water partition coefficient (Wildman–Crippen LogP) is 3.84. The largest absolute Gasteiger partial charge is 0.495 e. The van der Waals surface area contributed by atoms with Crippen LogP contribution in [0.25, 0.3) is 0 Å². The molecule has 2 rings (SSSR count). The van der Waals surface area contributed by atoms with E-state index in [0.717, 1.165) is 11.1 Å². The van der Waals surface area contributed by atoms with Crippen LogP contribution in [-0.2, 0) is 4.79 Å². The second-order valence-electron chi connectivity index (χ2n) is 4.89. The first-order chi connectivity index (χ1) is 11.5. The van der Waals surface area contributed by atoms with Crippen molar-refractivity contribution in [3.8, 4) is 11.5 Å². The van der Waals surface area contributed by atoms with E-state index in [2.05, 4.69) is 10.5 Å². The smallest absolute Gasteiger partial charge is 0.277 e. The molecule has 126 valence electrons. The number of carbonyl (C=O) groups excluding carboxylic acids is 1. The van der Waals surface area contributed by atoms with Crippen LogP contribution in [0.2, 0.25) is 10.0 Å². The van der Waals surface area contributed by atoms with Gasteiger partial charge in [-0.05, 0) is 54.4 Å². The summed E-state index contributed by atoms with van der Waals surface area (Å²) >= 11 is 11.9. The second kappa shape index (κ2) is 8.57. The number of aryl methyl sites for hydroxylation is 1. The zero-order chi connectivity index (χ0) is 17.5. The van der Waals surface area contributed by atoms with Crippen molar-refractivity contribution in [2.24, 2.45) is 5.10 Å². The van der Waals surface area contributed by atoms with E-state index < -0.39 is 0 Å². The average molecular weight is 367 g/mol. The molecule has 0 fully saturated rings. The summed E-state index contributed by atoms with van der Waals surface area (Å²) in [4.78, 5) is 11.7. The number of hydrogen-bond acceptors (Lipinski definition) is 4. The number of nitrogens with zero attached hydrogens (tertiary/aromatic N) is 1. The molecule has 0 radical (unpaired) electrons. The Hall–Kier alpha value is -2.24. The Kier molecular flexibility index (Phi) is 6.46. The zero-order valence-corrected chi connectivity index (χ0v) is 14.7. The van der Waals surface area contributed by atoms with E-state index in [4.69, 9.17) is 32.7 Å². The highest BCUT2D eigenvalue weighted by Gasteiger charge is 2.04. The molecule has 0 heterocycles. The van der Waals surface area contributed by atoms with Crippen molar-refractivity contribution in [1.29, 1.82) is 0 Å². The summed E-state index contributed by atoms with van der Waals surface area (Å²) in [6.07, 6.45) is 1.48. The first-order valence-corrected chi connectivity index (χ1v) is 7.79. The van der Waals surface area contributed by atoms with Gasteiger partial charge < -0.3 is 9.47 Å². The third-order valence-electron chi connectivity index (χ3n) is 3.08. The molecule has 0 aliphatic rings. The van der Waals surface area contributed by atoms with Crippen LogP contribution in [0.15, 0.2) is 41.5 Å². The molecule has 2 aromatic rings. The van der Waals surface area contributed by atoms with Gasteiger partial charge in [-0.2, -0.15) is 5.10 Å². The number of rotatable bonds is 6. The van der Waals surface area contributed by atoms with Gasteiger partial charge in [0, 0.05) is 5.02 Å². The monoisotopic (exact) mass is 366 g/mol. The Labute approximate surface area is 150 Å². The summed E-state index contributed by atoms with van der Waals surface area (Å²) in [5.41, 5.74) is 3.99. The number of ether oxygens (including phenoxy) is 2. The fourth-order valence-electron chi connectivity index (χ4n) is 1.83. The molecule has 0 aromatic heterocycles. The van der Waals surface area contributed by atoms with Gasteiger partial charge in [0.05, 0.1) is 18.3 Å². The quantitative estimate of drug-likeness (QED) is 0.623. The van der Waals surface area contributed by atoms with Crippen molar-refractivity contribution in [3.05, 3.63) is 57.6 Å². The topological polar surface area (TPSA) is 59.9 Å². The zero-order valence-electron chi connectivity index (χ0n) is 13.2. The van der Waals surface area contributed by atoms with Crippen molar-refractivity contribution in [3.63, 3.8) is 0 Å². The Morgan fingerprint density at radius 3 is 2.67 bits per heavy atom. The number of halogens is 2. The van der Waals surface area contributed by atoms with E-state index in [0.29, 0.717) is 21.5 Å². The van der Waals surface area contributed by atoms with Crippen LogP contribution in [0.4, 0.5) is 0 Å². The van der Waals surface area contributed by atoms with Crippen LogP contribution >= 0.6 is 23.2 Å². The minimum atomic E-state index is -0.376. The lowest BCUT2D eigenvalue weighted by Gasteiger charge is -2.06. The normalized spacial score (nSPS) is 10.7. The highest BCUT2D eigenvalue weighted by atomic mass is 35.5. The molecule has 0 aliphatic carbocycles. The molecule has 0 atom stereocenters. The van der Waals surface area contributed by atoms with E-state index in [1.807, 2.05) is 6.92 Å². The van der Waals surface area contributed by atoms with E-state index in [9.17, 15) is 4.79 Å². The van der Waals surface area contributed by atoms with E-state index >= 15 is 0 Å². The highest BCUT2D eigenvalue weighted by molar-refractivity contribution is 6.32. The Balaban J connectivity index is 1.84. The summed E-state index contributed by atoms with van der Waals surface area (Å²) < 4.78 is 10.4. The first-order valence-electron chi connectivity index (χ1n) is 7.04. The molecule has 1 amide bonds. The number of hydrazone groups is 1. The number of carbonyl (C=O) groups is 1. The molecule has 7 heteroatoms. The predicted molar refractivity (Wildman–Crippen MR) is 95.4 cm³/mol. The fourth-order valence-corrected chi connectivity index (χ4v) is 2.21. The molecule has 0 saturated carbocycles. The standard InChI is InChI=1S/C17H16Cl2N2O3/c1-11-7-13(4-5-14(11)18)24-10-17(22)21-20-9-12-3-6-16(23-2)15(19)8-12/h3-9H,10H2,1-2H3,(H,21,22)/b20-9+. The fraction of sp³-hybridized carbons (Fsp3) is 0.176. The third-order valence-corrected chi connectivity index (χ3v) is 3.80. The van der Waals surface area contributed by atoms with E-state index in [1.165, 1.54) is 13.3 Å². The van der Waals surface area contributed by atoms with Gasteiger partial charge in [0.2, 0.25) is 0 Å². The van der Waals surface area contributed by atoms with Gasteiger partial charge in [-0.25, -0.2) is 5.43 Å². The molecule has 2 aromatic carbocycles. The van der Waals surface area contributed by atoms with E-state index in [-0.39, 0.29) is 12.5 Å². The maximum atomic E-state index is 11.7. The molecule has 24 heavy (non-hydrogen) atoms. The first kappa shape index (κ1) is 18.1. The van der Waals surface area contributed by atoms with Crippen LogP contribution in [0.3, 0.4) is 0 Å². The number of methoxy groups -OCH3 is 1. The SMILES string of the molecule is COc1ccc(/C=N/NC(=O)COc2ccc(Cl)c(C)c2)cc1Cl. The summed E-state index contributed by atoms with van der Waals surface area (Å²) in [5, 5.41) is 4.97. The summed E-state index contributed by atoms with van der Waals surface area (Å²) in [7, 11) is 1.54. The van der Waals surface area contributed by atoms with Crippen LogP contribution in [0.1, 0.15) is 11.1 Å². The molecule has 5 nitrogen and oxygen atoms in total. The van der Waals surface area contributed by atoms with Gasteiger partial charge in [0.1, 0.15) is 11.5 Å². The second-order valence-corrected chi connectivity index (χ2v) is 5.70. The van der Waals surface area contributed by atoms with Gasteiger partial charge in [-0.3, -0.25) is 4.79 Å². The molecule has 0 spiro atoms. The lowest BCUT2D eigenvalue weighted by atomic mass is 10.2. The van der Waals surface area contributed by atoms with Crippen molar-refractivity contribution in [1.82, 2.24) is 5.43 Å². The molecule has 0 unspecified atom stereocenters. The number of hydrogen-bond donors (Lipinski definition) is 1. The van der Waals surface area contributed by atoms with Gasteiger partial charge in [0.25, 0.3) is 5.91 Å². The van der Waals surface area contributed by atoms with Crippen molar-refractivity contribution in [2.45, 2.75) is 6.92 Å². The van der Waals surface area contributed by atoms with Gasteiger partial charge in [-0.1, -0.05) is 23.2 Å². The minimum Gasteiger partial charge on any atom is -0.495 e. The highest BCUT2D eigenvalue weighted by Crippen LogP contribution is 2.24. The number of nitrogens with one attached hydrogen (secondary N) is 1. The molecular formula is C17H16Cl2N2O3. The van der Waals surface area contributed by atoms with Crippen molar-refractivity contribution >= 4 is 35.3 Å². The molecular weight excluding hydrogens is 351 g/mol. The van der Waals surface area contributed by atoms with Gasteiger partial charge >= 0.3 is 0 Å². The van der Waals surface area contributed by atoms with Gasteiger partial charge in [-0.15, -0.1) is 0 Å². The van der Waals surface area contributed by atoms with Crippen LogP contribution in [-0.4, -0.2) is 25.8 Å². The Bertz CT molecular complexity index is 763.